The molecule has 2 aromatic rings. The predicted octanol–water partition coefficient (Wildman–Crippen LogP) is 4.10. The van der Waals surface area contributed by atoms with E-state index in [1.54, 1.807) is 11.3 Å². The molecular weight excluding hydrogens is 299 g/mol. The molecule has 1 heterocycles. The van der Waals surface area contributed by atoms with Crippen molar-refractivity contribution in [3.8, 4) is 0 Å². The number of rotatable bonds is 0. The third kappa shape index (κ3) is 1.38. The Morgan fingerprint density at radius 2 is 2.17 bits per heavy atom. The second kappa shape index (κ2) is 3.20. The van der Waals surface area contributed by atoms with Gasteiger partial charge in [-0.1, -0.05) is 0 Å². The van der Waals surface area contributed by atoms with Gasteiger partial charge >= 0.3 is 0 Å². The van der Waals surface area contributed by atoms with Crippen molar-refractivity contribution in [1.29, 1.82) is 0 Å². The number of aryl methyl sites for hydroxylation is 1. The fourth-order valence-electron chi connectivity index (χ4n) is 1.24. The molecular formula is C9H7IS2. The molecule has 2 rings (SSSR count). The van der Waals surface area contributed by atoms with E-state index in [4.69, 9.17) is 0 Å². The Kier molecular flexibility index (Phi) is 2.35. The summed E-state index contributed by atoms with van der Waals surface area (Å²) in [5, 5.41) is 3.47. The summed E-state index contributed by atoms with van der Waals surface area (Å²) in [4.78, 5) is 1.09. The number of fused-ring (bicyclic) bond motifs is 1. The molecule has 0 radical (unpaired) electrons. The van der Waals surface area contributed by atoms with Gasteiger partial charge in [-0.05, 0) is 47.2 Å². The number of thiol groups is 1. The molecule has 0 aliphatic carbocycles. The number of benzene rings is 1. The Balaban J connectivity index is 2.93. The van der Waals surface area contributed by atoms with Gasteiger partial charge in [0, 0.05) is 23.9 Å². The highest BCUT2D eigenvalue weighted by Crippen LogP contribution is 2.32. The van der Waals surface area contributed by atoms with Crippen LogP contribution in [0.5, 0.6) is 0 Å². The first-order valence-electron chi connectivity index (χ1n) is 3.55. The zero-order valence-electron chi connectivity index (χ0n) is 6.47. The summed E-state index contributed by atoms with van der Waals surface area (Å²) in [5.74, 6) is 0. The summed E-state index contributed by atoms with van der Waals surface area (Å²) < 4.78 is 2.64. The van der Waals surface area contributed by atoms with Crippen LogP contribution in [0.4, 0.5) is 0 Å². The minimum absolute atomic E-state index is 1.09. The minimum atomic E-state index is 1.09. The van der Waals surface area contributed by atoms with Crippen LogP contribution in [-0.2, 0) is 0 Å². The molecule has 62 valence electrons. The van der Waals surface area contributed by atoms with Crippen molar-refractivity contribution in [2.75, 3.05) is 0 Å². The molecule has 1 aromatic heterocycles. The lowest BCUT2D eigenvalue weighted by Gasteiger charge is -1.98. The number of hydrogen-bond acceptors (Lipinski definition) is 2. The van der Waals surface area contributed by atoms with Crippen LogP contribution >= 0.6 is 46.6 Å². The smallest absolute Gasteiger partial charge is 0.0367 e. The van der Waals surface area contributed by atoms with Gasteiger partial charge in [0.2, 0.25) is 0 Å². The number of hydrogen-bond donors (Lipinski definition) is 1. The summed E-state index contributed by atoms with van der Waals surface area (Å²) >= 11 is 8.60. The maximum atomic E-state index is 4.46. The highest BCUT2D eigenvalue weighted by atomic mass is 127. The zero-order valence-corrected chi connectivity index (χ0v) is 10.3. The van der Waals surface area contributed by atoms with Crippen molar-refractivity contribution in [3.63, 3.8) is 0 Å². The molecule has 3 heteroatoms. The average Bonchev–Trinajstić information content (AvgIpc) is 2.31. The quantitative estimate of drug-likeness (QED) is 0.550. The predicted molar refractivity (Wildman–Crippen MR) is 66.5 cm³/mol. The van der Waals surface area contributed by atoms with Crippen molar-refractivity contribution in [2.24, 2.45) is 0 Å². The molecule has 0 amide bonds. The average molecular weight is 306 g/mol. The van der Waals surface area contributed by atoms with Crippen LogP contribution in [0.2, 0.25) is 0 Å². The molecule has 0 N–H and O–H groups in total. The van der Waals surface area contributed by atoms with Crippen LogP contribution in [0.3, 0.4) is 0 Å². The Morgan fingerprint density at radius 1 is 1.42 bits per heavy atom. The standard InChI is InChI=1S/C9H7IS2/c1-5-2-7(11)9-6(10)4-12-8(9)3-5/h2-4,11H,1H3. The van der Waals surface area contributed by atoms with Gasteiger partial charge in [-0.2, -0.15) is 0 Å². The summed E-state index contributed by atoms with van der Waals surface area (Å²) in [7, 11) is 0. The van der Waals surface area contributed by atoms with Crippen LogP contribution < -0.4 is 0 Å². The molecule has 0 aliphatic heterocycles. The third-order valence-corrected chi connectivity index (χ3v) is 4.31. The summed E-state index contributed by atoms with van der Waals surface area (Å²) in [6, 6.07) is 4.32. The maximum Gasteiger partial charge on any atom is 0.0367 e. The van der Waals surface area contributed by atoms with Gasteiger partial charge in [0.15, 0.2) is 0 Å². The molecule has 0 unspecified atom stereocenters. The molecule has 12 heavy (non-hydrogen) atoms. The van der Waals surface area contributed by atoms with Gasteiger partial charge in [-0.3, -0.25) is 0 Å². The Hall–Kier alpha value is 0.260. The fraction of sp³-hybridized carbons (Fsp3) is 0.111. The van der Waals surface area contributed by atoms with E-state index in [1.165, 1.54) is 19.2 Å². The van der Waals surface area contributed by atoms with Crippen molar-refractivity contribution in [1.82, 2.24) is 0 Å². The van der Waals surface area contributed by atoms with Crippen molar-refractivity contribution >= 4 is 56.6 Å². The zero-order chi connectivity index (χ0) is 8.72. The largest absolute Gasteiger partial charge is 0.143 e. The normalized spacial score (nSPS) is 10.9. The van der Waals surface area contributed by atoms with E-state index in [2.05, 4.69) is 59.7 Å². The van der Waals surface area contributed by atoms with E-state index in [0.29, 0.717) is 0 Å². The minimum Gasteiger partial charge on any atom is -0.143 e. The lowest BCUT2D eigenvalue weighted by Crippen LogP contribution is -1.75. The van der Waals surface area contributed by atoms with E-state index in [0.717, 1.165) is 4.90 Å². The molecule has 0 saturated heterocycles. The second-order valence-electron chi connectivity index (χ2n) is 2.74. The molecule has 0 atom stereocenters. The topological polar surface area (TPSA) is 0 Å². The SMILES string of the molecule is Cc1cc(S)c2c(I)csc2c1. The molecule has 0 fully saturated rings. The molecule has 0 bridgehead atoms. The van der Waals surface area contributed by atoms with Crippen molar-refractivity contribution in [3.05, 3.63) is 26.6 Å². The van der Waals surface area contributed by atoms with Gasteiger partial charge in [0.05, 0.1) is 0 Å². The first-order chi connectivity index (χ1) is 5.68. The van der Waals surface area contributed by atoms with E-state index < -0.39 is 0 Å². The maximum absolute atomic E-state index is 4.46. The van der Waals surface area contributed by atoms with Crippen molar-refractivity contribution in [2.45, 2.75) is 11.8 Å². The fourth-order valence-corrected chi connectivity index (χ4v) is 4.06. The van der Waals surface area contributed by atoms with Gasteiger partial charge in [-0.25, -0.2) is 0 Å². The van der Waals surface area contributed by atoms with Crippen LogP contribution in [0.15, 0.2) is 22.4 Å². The van der Waals surface area contributed by atoms with E-state index in [-0.39, 0.29) is 0 Å². The molecule has 0 spiro atoms. The van der Waals surface area contributed by atoms with Gasteiger partial charge in [0.25, 0.3) is 0 Å². The van der Waals surface area contributed by atoms with Crippen LogP contribution in [0.1, 0.15) is 5.56 Å². The Labute approximate surface area is 94.5 Å². The second-order valence-corrected chi connectivity index (χ2v) is 5.30. The summed E-state index contributed by atoms with van der Waals surface area (Å²) in [6.07, 6.45) is 0. The lowest BCUT2D eigenvalue weighted by molar-refractivity contribution is 1.43. The number of halogens is 1. The molecule has 0 saturated carbocycles. The highest BCUT2D eigenvalue weighted by molar-refractivity contribution is 14.1. The van der Waals surface area contributed by atoms with Gasteiger partial charge in [0.1, 0.15) is 0 Å². The monoisotopic (exact) mass is 306 g/mol. The van der Waals surface area contributed by atoms with E-state index in [9.17, 15) is 0 Å². The summed E-state index contributed by atoms with van der Waals surface area (Å²) in [6.45, 7) is 2.10. The first kappa shape index (κ1) is 8.84. The third-order valence-electron chi connectivity index (χ3n) is 1.75. The van der Waals surface area contributed by atoms with Crippen LogP contribution in [0.25, 0.3) is 10.1 Å². The lowest BCUT2D eigenvalue weighted by atomic mass is 10.2. The first-order valence-corrected chi connectivity index (χ1v) is 5.95. The Bertz CT molecular complexity index is 431. The number of thiophene rings is 1. The van der Waals surface area contributed by atoms with Gasteiger partial charge in [-0.15, -0.1) is 24.0 Å². The summed E-state index contributed by atoms with van der Waals surface area (Å²) in [5.41, 5.74) is 1.28. The highest BCUT2D eigenvalue weighted by Gasteiger charge is 2.04. The van der Waals surface area contributed by atoms with Crippen LogP contribution in [-0.4, -0.2) is 0 Å². The van der Waals surface area contributed by atoms with Crippen molar-refractivity contribution < 1.29 is 0 Å². The molecule has 0 aliphatic rings. The Morgan fingerprint density at radius 3 is 2.92 bits per heavy atom. The van der Waals surface area contributed by atoms with E-state index >= 15 is 0 Å². The van der Waals surface area contributed by atoms with Crippen LogP contribution in [0, 0.1) is 10.5 Å². The van der Waals surface area contributed by atoms with Gasteiger partial charge < -0.3 is 0 Å². The molecule has 1 aromatic carbocycles. The molecule has 0 nitrogen and oxygen atoms in total. The van der Waals surface area contributed by atoms with E-state index in [1.807, 2.05) is 0 Å².